The molecule has 0 radical (unpaired) electrons. The second-order valence-electron chi connectivity index (χ2n) is 5.33. The molecule has 18 heavy (non-hydrogen) atoms. The summed E-state index contributed by atoms with van der Waals surface area (Å²) in [7, 11) is 0. The van der Waals surface area contributed by atoms with Gasteiger partial charge in [0.1, 0.15) is 0 Å². The van der Waals surface area contributed by atoms with Crippen LogP contribution in [0.4, 0.5) is 0 Å². The molecule has 0 unspecified atom stereocenters. The van der Waals surface area contributed by atoms with Gasteiger partial charge in [-0.1, -0.05) is 27.7 Å². The number of aromatic carboxylic acids is 1. The first-order valence-corrected chi connectivity index (χ1v) is 6.15. The number of rotatable bonds is 5. The van der Waals surface area contributed by atoms with Crippen LogP contribution in [0, 0.1) is 11.8 Å². The van der Waals surface area contributed by atoms with Gasteiger partial charge in [0, 0.05) is 12.7 Å². The Morgan fingerprint density at radius 1 is 1.33 bits per heavy atom. The smallest absolute Gasteiger partial charge is 0.347 e. The predicted molar refractivity (Wildman–Crippen MR) is 68.8 cm³/mol. The highest BCUT2D eigenvalue weighted by Crippen LogP contribution is 2.10. The highest BCUT2D eigenvalue weighted by Gasteiger charge is 2.16. The number of hydrogen-bond donors (Lipinski definition) is 1. The van der Waals surface area contributed by atoms with Crippen molar-refractivity contribution in [1.82, 2.24) is 9.55 Å². The molecule has 0 aromatic carbocycles. The molecule has 0 aliphatic carbocycles. The molecule has 1 heterocycles. The van der Waals surface area contributed by atoms with Crippen LogP contribution in [0.2, 0.25) is 0 Å². The summed E-state index contributed by atoms with van der Waals surface area (Å²) >= 11 is 0. The highest BCUT2D eigenvalue weighted by atomic mass is 16.4. The zero-order chi connectivity index (χ0) is 13.9. The molecule has 0 spiro atoms. The van der Waals surface area contributed by atoms with Crippen LogP contribution in [-0.4, -0.2) is 20.6 Å². The Morgan fingerprint density at radius 3 is 2.39 bits per heavy atom. The molecular formula is C13H20N2O3. The van der Waals surface area contributed by atoms with Gasteiger partial charge in [0.25, 0.3) is 0 Å². The summed E-state index contributed by atoms with van der Waals surface area (Å²) in [5, 5.41) is 9.17. The van der Waals surface area contributed by atoms with Gasteiger partial charge in [-0.3, -0.25) is 4.57 Å². The summed E-state index contributed by atoms with van der Waals surface area (Å²) in [4.78, 5) is 26.9. The van der Waals surface area contributed by atoms with E-state index in [9.17, 15) is 14.7 Å². The largest absolute Gasteiger partial charge is 0.478 e. The van der Waals surface area contributed by atoms with E-state index in [1.165, 1.54) is 10.8 Å². The normalized spacial score (nSPS) is 11.2. The van der Waals surface area contributed by atoms with Crippen LogP contribution in [0.25, 0.3) is 0 Å². The Morgan fingerprint density at radius 2 is 1.94 bits per heavy atom. The molecule has 0 fully saturated rings. The quantitative estimate of drug-likeness (QED) is 0.867. The SMILES string of the molecule is CC(C)Cc1nc(=O)n(CC(C)C)cc1C(=O)O. The van der Waals surface area contributed by atoms with Gasteiger partial charge in [-0.2, -0.15) is 4.98 Å². The second-order valence-corrected chi connectivity index (χ2v) is 5.33. The van der Waals surface area contributed by atoms with Crippen molar-refractivity contribution in [2.75, 3.05) is 0 Å². The summed E-state index contributed by atoms with van der Waals surface area (Å²) in [5.74, 6) is -0.506. The Hall–Kier alpha value is -1.65. The average Bonchev–Trinajstić information content (AvgIpc) is 2.19. The Kier molecular flexibility index (Phi) is 4.64. The Bertz CT molecular complexity index is 489. The Balaban J connectivity index is 3.25. The van der Waals surface area contributed by atoms with E-state index < -0.39 is 5.97 Å². The molecule has 0 saturated carbocycles. The topological polar surface area (TPSA) is 72.2 Å². The lowest BCUT2D eigenvalue weighted by Crippen LogP contribution is -2.28. The summed E-state index contributed by atoms with van der Waals surface area (Å²) in [6.07, 6.45) is 1.91. The standard InChI is InChI=1S/C13H20N2O3/c1-8(2)5-11-10(12(16)17)7-15(6-9(3)4)13(18)14-11/h7-9H,5-6H2,1-4H3,(H,16,17). The fourth-order valence-corrected chi connectivity index (χ4v) is 1.77. The maximum Gasteiger partial charge on any atom is 0.347 e. The number of carboxylic acid groups (broad SMARTS) is 1. The van der Waals surface area contributed by atoms with Gasteiger partial charge >= 0.3 is 11.7 Å². The van der Waals surface area contributed by atoms with Crippen molar-refractivity contribution in [2.45, 2.75) is 40.7 Å². The Labute approximate surface area is 106 Å². The van der Waals surface area contributed by atoms with E-state index in [-0.39, 0.29) is 23.1 Å². The van der Waals surface area contributed by atoms with Gasteiger partial charge in [-0.05, 0) is 18.3 Å². The first-order valence-electron chi connectivity index (χ1n) is 6.15. The lowest BCUT2D eigenvalue weighted by Gasteiger charge is -2.12. The fourth-order valence-electron chi connectivity index (χ4n) is 1.77. The molecule has 0 atom stereocenters. The third kappa shape index (κ3) is 3.68. The van der Waals surface area contributed by atoms with E-state index in [1.807, 2.05) is 27.7 Å². The minimum Gasteiger partial charge on any atom is -0.478 e. The zero-order valence-corrected chi connectivity index (χ0v) is 11.3. The third-order valence-electron chi connectivity index (χ3n) is 2.47. The number of carboxylic acids is 1. The van der Waals surface area contributed by atoms with Crippen molar-refractivity contribution in [3.63, 3.8) is 0 Å². The number of nitrogens with zero attached hydrogens (tertiary/aromatic N) is 2. The van der Waals surface area contributed by atoms with Crippen molar-refractivity contribution in [2.24, 2.45) is 11.8 Å². The number of carbonyl (C=O) groups is 1. The minimum absolute atomic E-state index is 0.129. The van der Waals surface area contributed by atoms with Gasteiger partial charge in [-0.15, -0.1) is 0 Å². The van der Waals surface area contributed by atoms with Crippen molar-refractivity contribution >= 4 is 5.97 Å². The van der Waals surface area contributed by atoms with Crippen molar-refractivity contribution in [1.29, 1.82) is 0 Å². The maximum absolute atomic E-state index is 11.8. The summed E-state index contributed by atoms with van der Waals surface area (Å²) in [6.45, 7) is 8.35. The molecule has 100 valence electrons. The maximum atomic E-state index is 11.8. The first-order chi connectivity index (χ1) is 8.31. The van der Waals surface area contributed by atoms with E-state index in [0.29, 0.717) is 18.7 Å². The first kappa shape index (κ1) is 14.4. The van der Waals surface area contributed by atoms with Gasteiger partial charge in [0.2, 0.25) is 0 Å². The van der Waals surface area contributed by atoms with Crippen LogP contribution >= 0.6 is 0 Å². The molecule has 5 heteroatoms. The van der Waals surface area contributed by atoms with E-state index >= 15 is 0 Å². The second kappa shape index (κ2) is 5.80. The van der Waals surface area contributed by atoms with E-state index in [2.05, 4.69) is 4.98 Å². The molecule has 5 nitrogen and oxygen atoms in total. The molecule has 0 aliphatic rings. The molecular weight excluding hydrogens is 232 g/mol. The van der Waals surface area contributed by atoms with Gasteiger partial charge in [0.05, 0.1) is 11.3 Å². The molecule has 1 rings (SSSR count). The summed E-state index contributed by atoms with van der Waals surface area (Å²) in [5.41, 5.74) is 0.135. The molecule has 0 amide bonds. The van der Waals surface area contributed by atoms with Crippen LogP contribution in [0.5, 0.6) is 0 Å². The zero-order valence-electron chi connectivity index (χ0n) is 11.3. The minimum atomic E-state index is -1.03. The van der Waals surface area contributed by atoms with Gasteiger partial charge < -0.3 is 5.11 Å². The molecule has 0 saturated heterocycles. The molecule has 1 N–H and O–H groups in total. The van der Waals surface area contributed by atoms with E-state index in [1.54, 1.807) is 0 Å². The molecule has 1 aromatic rings. The van der Waals surface area contributed by atoms with Crippen LogP contribution in [0.1, 0.15) is 43.7 Å². The molecule has 0 aliphatic heterocycles. The summed E-state index contributed by atoms with van der Waals surface area (Å²) in [6, 6.07) is 0. The average molecular weight is 252 g/mol. The predicted octanol–water partition coefficient (Wildman–Crippen LogP) is 1.80. The van der Waals surface area contributed by atoms with Crippen molar-refractivity contribution in [3.8, 4) is 0 Å². The van der Waals surface area contributed by atoms with Crippen LogP contribution in [0.15, 0.2) is 11.0 Å². The van der Waals surface area contributed by atoms with Crippen molar-refractivity contribution in [3.05, 3.63) is 27.9 Å². The van der Waals surface area contributed by atoms with E-state index in [4.69, 9.17) is 0 Å². The number of aromatic nitrogens is 2. The molecule has 0 bridgehead atoms. The van der Waals surface area contributed by atoms with Gasteiger partial charge in [0.15, 0.2) is 0 Å². The van der Waals surface area contributed by atoms with Crippen LogP contribution in [-0.2, 0) is 13.0 Å². The highest BCUT2D eigenvalue weighted by molar-refractivity contribution is 5.88. The summed E-state index contributed by atoms with van der Waals surface area (Å²) < 4.78 is 1.37. The fraction of sp³-hybridized carbons (Fsp3) is 0.615. The van der Waals surface area contributed by atoms with Gasteiger partial charge in [-0.25, -0.2) is 9.59 Å². The monoisotopic (exact) mass is 252 g/mol. The number of hydrogen-bond acceptors (Lipinski definition) is 3. The lowest BCUT2D eigenvalue weighted by molar-refractivity contribution is 0.0693. The van der Waals surface area contributed by atoms with Crippen molar-refractivity contribution < 1.29 is 9.90 Å². The lowest BCUT2D eigenvalue weighted by atomic mass is 10.0. The van der Waals surface area contributed by atoms with Crippen LogP contribution in [0.3, 0.4) is 0 Å². The third-order valence-corrected chi connectivity index (χ3v) is 2.47. The molecule has 1 aromatic heterocycles. The van der Waals surface area contributed by atoms with Crippen LogP contribution < -0.4 is 5.69 Å². The van der Waals surface area contributed by atoms with E-state index in [0.717, 1.165) is 0 Å².